The quantitative estimate of drug-likeness (QED) is 0.213. The van der Waals surface area contributed by atoms with E-state index >= 15 is 0 Å². The zero-order valence-corrected chi connectivity index (χ0v) is 25.0. The number of carbonyl (C=O) groups excluding carboxylic acids is 3. The fourth-order valence-electron chi connectivity index (χ4n) is 4.95. The van der Waals surface area contributed by atoms with E-state index in [1.165, 1.54) is 41.9 Å². The van der Waals surface area contributed by atoms with Gasteiger partial charge in [0, 0.05) is 25.1 Å². The van der Waals surface area contributed by atoms with Crippen molar-refractivity contribution in [3.8, 4) is 5.75 Å². The molecular weight excluding hydrogens is 572 g/mol. The van der Waals surface area contributed by atoms with Crippen molar-refractivity contribution in [2.75, 3.05) is 26.0 Å². The summed E-state index contributed by atoms with van der Waals surface area (Å²) in [5.41, 5.74) is -1.83. The molecule has 1 aliphatic rings. The molecule has 0 radical (unpaired) electrons. The Hall–Kier alpha value is -2.76. The van der Waals surface area contributed by atoms with Crippen LogP contribution in [0.2, 0.25) is 5.02 Å². The second-order valence-corrected chi connectivity index (χ2v) is 12.5. The second kappa shape index (κ2) is 12.8. The van der Waals surface area contributed by atoms with E-state index in [0.29, 0.717) is 52.4 Å². The number of methoxy groups -OCH3 is 1. The van der Waals surface area contributed by atoms with Crippen molar-refractivity contribution in [2.45, 2.75) is 56.3 Å². The molecule has 0 bridgehead atoms. The molecule has 0 atom stereocenters. The van der Waals surface area contributed by atoms with Crippen LogP contribution in [0.15, 0.2) is 47.2 Å². The van der Waals surface area contributed by atoms with E-state index in [9.17, 15) is 19.5 Å². The molecule has 1 aliphatic carbocycles. The average molecular weight is 605 g/mol. The van der Waals surface area contributed by atoms with Crippen molar-refractivity contribution in [1.29, 1.82) is 0 Å². The molecule has 2 aromatic heterocycles. The first-order valence-electron chi connectivity index (χ1n) is 13.0. The Bertz CT molecular complexity index is 1290. The number of rotatable bonds is 11. The maximum atomic E-state index is 13.4. The van der Waals surface area contributed by atoms with Gasteiger partial charge in [0.1, 0.15) is 11.4 Å². The number of nitrogens with one attached hydrogen (secondary N) is 1. The number of benzene rings is 1. The first-order valence-corrected chi connectivity index (χ1v) is 15.1. The molecule has 0 unspecified atom stereocenters. The smallest absolute Gasteiger partial charge is 0.349 e. The third-order valence-electron chi connectivity index (χ3n) is 7.44. The number of esters is 1. The van der Waals surface area contributed by atoms with Gasteiger partial charge in [0.2, 0.25) is 11.5 Å². The van der Waals surface area contributed by atoms with E-state index in [4.69, 9.17) is 21.1 Å². The van der Waals surface area contributed by atoms with E-state index in [-0.39, 0.29) is 23.4 Å². The molecule has 214 valence electrons. The highest BCUT2D eigenvalue weighted by Crippen LogP contribution is 2.40. The Morgan fingerprint density at radius 1 is 1.20 bits per heavy atom. The summed E-state index contributed by atoms with van der Waals surface area (Å²) in [6.45, 7) is 2.45. The summed E-state index contributed by atoms with van der Waals surface area (Å²) >= 11 is 8.87. The minimum atomic E-state index is -1.83. The third-order valence-corrected chi connectivity index (χ3v) is 9.71. The summed E-state index contributed by atoms with van der Waals surface area (Å²) in [5.74, 6) is -0.521. The number of carbonyl (C=O) groups is 3. The number of nitrogens with zero attached hydrogens (tertiary/aromatic N) is 1. The van der Waals surface area contributed by atoms with Gasteiger partial charge in [0.25, 0.3) is 0 Å². The van der Waals surface area contributed by atoms with Gasteiger partial charge < -0.3 is 24.8 Å². The van der Waals surface area contributed by atoms with Gasteiger partial charge in [-0.3, -0.25) is 9.59 Å². The molecule has 0 saturated heterocycles. The lowest BCUT2D eigenvalue weighted by Crippen LogP contribution is -2.47. The van der Waals surface area contributed by atoms with E-state index in [2.05, 4.69) is 10.2 Å². The molecule has 8 nitrogen and oxygen atoms in total. The van der Waals surface area contributed by atoms with Crippen LogP contribution in [0.4, 0.5) is 5.69 Å². The number of hydrogen-bond acceptors (Lipinski definition) is 9. The zero-order chi connectivity index (χ0) is 28.9. The molecule has 0 aliphatic heterocycles. The highest BCUT2D eigenvalue weighted by Gasteiger charge is 2.47. The molecule has 2 heterocycles. The zero-order valence-electron chi connectivity index (χ0n) is 22.6. The van der Waals surface area contributed by atoms with E-state index in [1.54, 1.807) is 12.1 Å². The SMILES string of the molecule is COc1cc(NC(=O)CCN(C)[C@H]2CC[C@](C)(OC(=O)C(O)(c3cccs3)c3cccs3)CC2)c(Cl)cc1C=O. The molecule has 1 saturated carbocycles. The van der Waals surface area contributed by atoms with Crippen molar-refractivity contribution >= 4 is 58.1 Å². The number of aldehydes is 1. The fraction of sp³-hybridized carbons (Fsp3) is 0.414. The number of amides is 1. The minimum Gasteiger partial charge on any atom is -0.496 e. The van der Waals surface area contributed by atoms with Gasteiger partial charge in [-0.05, 0) is 68.6 Å². The largest absolute Gasteiger partial charge is 0.496 e. The van der Waals surface area contributed by atoms with Crippen molar-refractivity contribution < 1.29 is 29.0 Å². The van der Waals surface area contributed by atoms with Crippen LogP contribution < -0.4 is 10.1 Å². The van der Waals surface area contributed by atoms with Crippen molar-refractivity contribution in [3.05, 3.63) is 67.5 Å². The lowest BCUT2D eigenvalue weighted by atomic mass is 9.82. The summed E-state index contributed by atoms with van der Waals surface area (Å²) < 4.78 is 11.2. The van der Waals surface area contributed by atoms with Crippen molar-refractivity contribution in [3.63, 3.8) is 0 Å². The summed E-state index contributed by atoms with van der Waals surface area (Å²) in [6.07, 6.45) is 3.76. The Labute approximate surface area is 246 Å². The van der Waals surface area contributed by atoms with Gasteiger partial charge in [-0.1, -0.05) is 23.7 Å². The van der Waals surface area contributed by atoms with Crippen LogP contribution in [0.25, 0.3) is 0 Å². The van der Waals surface area contributed by atoms with E-state index in [0.717, 1.165) is 12.8 Å². The topological polar surface area (TPSA) is 105 Å². The lowest BCUT2D eigenvalue weighted by molar-refractivity contribution is -0.180. The maximum absolute atomic E-state index is 13.4. The van der Waals surface area contributed by atoms with Crippen LogP contribution in [-0.2, 0) is 19.9 Å². The standard InChI is InChI=1S/C29H33ClN2O6S2/c1-28(38-27(35)29(36,24-6-4-14-39-24)25-7-5-15-40-25)11-8-20(9-12-28)32(2)13-10-26(34)31-22-17-23(37-3)19(18-33)16-21(22)30/h4-7,14-18,20,36H,8-13H2,1-3H3,(H,31,34)/t20-,28-. The van der Waals surface area contributed by atoms with Gasteiger partial charge in [0.05, 0.1) is 33.1 Å². The van der Waals surface area contributed by atoms with Crippen LogP contribution in [0.5, 0.6) is 5.75 Å². The molecule has 4 rings (SSSR count). The van der Waals surface area contributed by atoms with Crippen molar-refractivity contribution in [2.24, 2.45) is 0 Å². The Morgan fingerprint density at radius 2 is 1.82 bits per heavy atom. The number of anilines is 1. The molecule has 3 aromatic rings. The predicted molar refractivity (Wildman–Crippen MR) is 158 cm³/mol. The second-order valence-electron chi connectivity index (χ2n) is 10.2. The molecular formula is C29H33ClN2O6S2. The van der Waals surface area contributed by atoms with Gasteiger partial charge >= 0.3 is 5.97 Å². The summed E-state index contributed by atoms with van der Waals surface area (Å²) in [5, 5.41) is 18.3. The van der Waals surface area contributed by atoms with E-state index < -0.39 is 17.2 Å². The molecule has 11 heteroatoms. The van der Waals surface area contributed by atoms with Crippen LogP contribution in [-0.4, -0.2) is 60.5 Å². The lowest BCUT2D eigenvalue weighted by Gasteiger charge is -2.41. The third kappa shape index (κ3) is 6.58. The number of thiophene rings is 2. The molecule has 1 amide bonds. The summed E-state index contributed by atoms with van der Waals surface area (Å²) in [4.78, 5) is 40.4. The fourth-order valence-corrected chi connectivity index (χ4v) is 6.89. The van der Waals surface area contributed by atoms with E-state index in [1.807, 2.05) is 36.9 Å². The maximum Gasteiger partial charge on any atom is 0.349 e. The minimum absolute atomic E-state index is 0.203. The number of ether oxygens (including phenoxy) is 2. The van der Waals surface area contributed by atoms with Crippen LogP contribution in [0, 0.1) is 0 Å². The summed E-state index contributed by atoms with van der Waals surface area (Å²) in [7, 11) is 3.43. The number of halogens is 1. The molecule has 1 fully saturated rings. The predicted octanol–water partition coefficient (Wildman–Crippen LogP) is 5.73. The number of hydrogen-bond donors (Lipinski definition) is 2. The van der Waals surface area contributed by atoms with Gasteiger partial charge in [-0.25, -0.2) is 4.79 Å². The highest BCUT2D eigenvalue weighted by molar-refractivity contribution is 7.12. The van der Waals surface area contributed by atoms with Crippen molar-refractivity contribution in [1.82, 2.24) is 4.90 Å². The van der Waals surface area contributed by atoms with Gasteiger partial charge in [0.15, 0.2) is 6.29 Å². The molecule has 40 heavy (non-hydrogen) atoms. The number of aliphatic hydroxyl groups is 1. The Kier molecular flexibility index (Phi) is 9.68. The van der Waals surface area contributed by atoms with Gasteiger partial charge in [-0.15, -0.1) is 22.7 Å². The first-order chi connectivity index (χ1) is 19.1. The normalized spacial score (nSPS) is 19.3. The Balaban J connectivity index is 1.30. The molecule has 2 N–H and O–H groups in total. The van der Waals surface area contributed by atoms with Crippen LogP contribution in [0.3, 0.4) is 0 Å². The highest BCUT2D eigenvalue weighted by atomic mass is 35.5. The van der Waals surface area contributed by atoms with Crippen LogP contribution in [0.1, 0.15) is 59.1 Å². The van der Waals surface area contributed by atoms with Crippen LogP contribution >= 0.6 is 34.3 Å². The molecule has 0 spiro atoms. The summed E-state index contributed by atoms with van der Waals surface area (Å²) in [6, 6.07) is 10.3. The first kappa shape index (κ1) is 30.2. The average Bonchev–Trinajstić information content (AvgIpc) is 3.68. The van der Waals surface area contributed by atoms with Gasteiger partial charge in [-0.2, -0.15) is 0 Å². The molecule has 1 aromatic carbocycles. The Morgan fingerprint density at radius 3 is 2.35 bits per heavy atom. The monoisotopic (exact) mass is 604 g/mol.